The minimum absolute atomic E-state index is 0.205. The number of amides is 2. The fourth-order valence-corrected chi connectivity index (χ4v) is 7.52. The molecular weight excluding hydrogens is 550 g/mol. The van der Waals surface area contributed by atoms with E-state index in [4.69, 9.17) is 4.74 Å². The number of carbonyl (C=O) groups is 2. The van der Waals surface area contributed by atoms with Gasteiger partial charge in [-0.15, -0.1) is 18.3 Å². The van der Waals surface area contributed by atoms with E-state index >= 15 is 0 Å². The third-order valence-corrected chi connectivity index (χ3v) is 9.98. The quantitative estimate of drug-likeness (QED) is 0.311. The van der Waals surface area contributed by atoms with Gasteiger partial charge in [0.25, 0.3) is 0 Å². The highest BCUT2D eigenvalue weighted by molar-refractivity contribution is 8.02. The highest BCUT2D eigenvalue weighted by atomic mass is 32.2. The zero-order chi connectivity index (χ0) is 29.3. The number of hydrogen-bond acceptors (Lipinski definition) is 8. The molecule has 3 rings (SSSR count). The number of carbonyl (C=O) groups excluding carboxylic acids is 2. The molecule has 1 aromatic carbocycles. The summed E-state index contributed by atoms with van der Waals surface area (Å²) >= 11 is 1.44. The second-order valence-electron chi connectivity index (χ2n) is 10.6. The molecule has 0 bridgehead atoms. The molecule has 1 N–H and O–H groups in total. The van der Waals surface area contributed by atoms with Gasteiger partial charge in [-0.05, 0) is 58.4 Å². The summed E-state index contributed by atoms with van der Waals surface area (Å²) in [7, 11) is -1.71. The van der Waals surface area contributed by atoms with Gasteiger partial charge in [0, 0.05) is 49.4 Å². The first kappa shape index (κ1) is 31.9. The van der Waals surface area contributed by atoms with Crippen LogP contribution in [0.15, 0.2) is 54.2 Å². The van der Waals surface area contributed by atoms with Crippen LogP contribution in [0.1, 0.15) is 32.8 Å². The lowest BCUT2D eigenvalue weighted by atomic mass is 10.0. The predicted molar refractivity (Wildman–Crippen MR) is 161 cm³/mol. The molecule has 2 heterocycles. The third kappa shape index (κ3) is 8.92. The molecule has 12 heteroatoms. The van der Waals surface area contributed by atoms with Crippen molar-refractivity contribution in [1.29, 1.82) is 0 Å². The van der Waals surface area contributed by atoms with Crippen LogP contribution < -0.4 is 10.1 Å². The second-order valence-corrected chi connectivity index (χ2v) is 14.2. The largest absolute Gasteiger partial charge is 0.415 e. The maximum absolute atomic E-state index is 13.4. The van der Waals surface area contributed by atoms with Crippen molar-refractivity contribution in [3.8, 4) is 5.75 Å². The van der Waals surface area contributed by atoms with Crippen molar-refractivity contribution >= 4 is 40.0 Å². The molecule has 10 nitrogen and oxygen atoms in total. The van der Waals surface area contributed by atoms with Gasteiger partial charge in [0.15, 0.2) is 0 Å². The summed E-state index contributed by atoms with van der Waals surface area (Å²) in [6.45, 7) is 12.2. The van der Waals surface area contributed by atoms with Crippen molar-refractivity contribution in [3.63, 3.8) is 0 Å². The summed E-state index contributed by atoms with van der Waals surface area (Å²) in [6, 6.07) is 6.14. The number of nitrogens with one attached hydrogen (secondary N) is 1. The number of allylic oxidation sites excluding steroid dienone is 2. The number of rotatable bonds is 11. The van der Waals surface area contributed by atoms with E-state index in [9.17, 15) is 18.0 Å². The fourth-order valence-electron chi connectivity index (χ4n) is 4.50. The number of nitrogens with zero attached hydrogens (tertiary/aromatic N) is 4. The van der Waals surface area contributed by atoms with Gasteiger partial charge in [0.2, 0.25) is 15.9 Å². The summed E-state index contributed by atoms with van der Waals surface area (Å²) in [5.74, 6) is 0.0601. The number of piperazine rings is 1. The van der Waals surface area contributed by atoms with E-state index in [1.54, 1.807) is 29.2 Å². The third-order valence-electron chi connectivity index (χ3n) is 6.82. The zero-order valence-electron chi connectivity index (χ0n) is 23.8. The minimum Gasteiger partial charge on any atom is -0.410 e. The molecule has 0 radical (unpaired) electrons. The molecule has 2 amide bonds. The van der Waals surface area contributed by atoms with Crippen LogP contribution in [0.2, 0.25) is 0 Å². The molecule has 2 saturated heterocycles. The van der Waals surface area contributed by atoms with Crippen molar-refractivity contribution in [2.75, 3.05) is 44.9 Å². The molecular formula is C28H41N5O5S2. The lowest BCUT2D eigenvalue weighted by molar-refractivity contribution is -0.125. The summed E-state index contributed by atoms with van der Waals surface area (Å²) in [4.78, 5) is 33.7. The average molecular weight is 592 g/mol. The van der Waals surface area contributed by atoms with Gasteiger partial charge in [0.05, 0.1) is 11.6 Å². The Balaban J connectivity index is 1.56. The van der Waals surface area contributed by atoms with Crippen molar-refractivity contribution in [2.24, 2.45) is 4.99 Å². The van der Waals surface area contributed by atoms with Gasteiger partial charge in [-0.3, -0.25) is 9.79 Å². The van der Waals surface area contributed by atoms with E-state index in [-0.39, 0.29) is 29.7 Å². The van der Waals surface area contributed by atoms with Crippen LogP contribution in [0, 0.1) is 0 Å². The number of hydrogen-bond donors (Lipinski definition) is 1. The summed E-state index contributed by atoms with van der Waals surface area (Å²) in [5, 5.41) is 3.00. The Morgan fingerprint density at radius 3 is 2.55 bits per heavy atom. The van der Waals surface area contributed by atoms with Crippen LogP contribution in [-0.4, -0.2) is 102 Å². The van der Waals surface area contributed by atoms with Crippen LogP contribution in [0.25, 0.3) is 0 Å². The molecule has 220 valence electrons. The van der Waals surface area contributed by atoms with Crippen LogP contribution in [-0.2, 0) is 21.2 Å². The molecule has 40 heavy (non-hydrogen) atoms. The minimum atomic E-state index is -3.74. The number of thioether (sulfide) groups is 1. The van der Waals surface area contributed by atoms with Gasteiger partial charge in [0.1, 0.15) is 11.8 Å². The van der Waals surface area contributed by atoms with Gasteiger partial charge in [-0.25, -0.2) is 13.2 Å². The lowest BCUT2D eigenvalue weighted by Gasteiger charge is -2.31. The summed E-state index contributed by atoms with van der Waals surface area (Å²) < 4.78 is 32.4. The molecule has 0 aromatic heterocycles. The van der Waals surface area contributed by atoms with Crippen LogP contribution in [0.5, 0.6) is 5.75 Å². The normalized spacial score (nSPS) is 21.1. The Kier molecular flexibility index (Phi) is 11.4. The standard InChI is InChI=1S/C28H41N5O5S2/c1-6-7-8-13-29-14-19-40(36,37)33-21-39-28(3,4)25(33)26(34)30-22(2)20-23-9-11-24(12-10-23)38-27(35)32-17-15-31(5)16-18-32/h6,8-14,22,25H,1,7,15-21H2,2-5H3,(H,30,34)/b13-8-,29-14?/t22-,25-/m1/s1. The van der Waals surface area contributed by atoms with Crippen LogP contribution in [0.3, 0.4) is 0 Å². The molecule has 0 unspecified atom stereocenters. The number of ether oxygens (including phenoxy) is 1. The lowest BCUT2D eigenvalue weighted by Crippen LogP contribution is -2.55. The topological polar surface area (TPSA) is 112 Å². The number of benzene rings is 1. The Morgan fingerprint density at radius 1 is 1.23 bits per heavy atom. The zero-order valence-corrected chi connectivity index (χ0v) is 25.4. The molecule has 0 aliphatic carbocycles. The van der Waals surface area contributed by atoms with E-state index < -0.39 is 20.8 Å². The highest BCUT2D eigenvalue weighted by Gasteiger charge is 2.50. The monoisotopic (exact) mass is 591 g/mol. The molecule has 2 aliphatic rings. The van der Waals surface area contributed by atoms with E-state index in [0.29, 0.717) is 31.7 Å². The van der Waals surface area contributed by atoms with E-state index in [1.165, 1.54) is 28.5 Å². The SMILES string of the molecule is C=CC/C=C\N=CCS(=O)(=O)N1CSC(C)(C)[C@H]1C(=O)N[C@H](C)Cc1ccc(OC(=O)N2CCN(C)CC2)cc1. The maximum atomic E-state index is 13.4. The van der Waals surface area contributed by atoms with Crippen LogP contribution >= 0.6 is 11.8 Å². The van der Waals surface area contributed by atoms with Crippen molar-refractivity contribution < 1.29 is 22.7 Å². The van der Waals surface area contributed by atoms with E-state index in [1.807, 2.05) is 40.0 Å². The number of aliphatic imine (C=N–C) groups is 1. The first-order valence-corrected chi connectivity index (χ1v) is 16.0. The van der Waals surface area contributed by atoms with Crippen molar-refractivity contribution in [2.45, 2.75) is 50.4 Å². The van der Waals surface area contributed by atoms with Crippen molar-refractivity contribution in [3.05, 3.63) is 54.8 Å². The Bertz CT molecular complexity index is 1190. The smallest absolute Gasteiger partial charge is 0.410 e. The maximum Gasteiger partial charge on any atom is 0.415 e. The second kappa shape index (κ2) is 14.3. The Labute approximate surface area is 242 Å². The van der Waals surface area contributed by atoms with E-state index in [0.717, 1.165) is 18.7 Å². The van der Waals surface area contributed by atoms with Gasteiger partial charge >= 0.3 is 6.09 Å². The molecule has 0 saturated carbocycles. The molecule has 0 spiro atoms. The Hall–Kier alpha value is -2.67. The molecule has 2 aliphatic heterocycles. The summed E-state index contributed by atoms with van der Waals surface area (Å²) in [6.07, 6.45) is 7.21. The van der Waals surface area contributed by atoms with Gasteiger partial charge < -0.3 is 19.9 Å². The highest BCUT2D eigenvalue weighted by Crippen LogP contribution is 2.41. The molecule has 2 atom stereocenters. The average Bonchev–Trinajstić information content (AvgIpc) is 3.23. The fraction of sp³-hybridized carbons (Fsp3) is 0.536. The van der Waals surface area contributed by atoms with Crippen LogP contribution in [0.4, 0.5) is 4.79 Å². The number of sulfonamides is 1. The first-order valence-electron chi connectivity index (χ1n) is 13.4. The predicted octanol–water partition coefficient (Wildman–Crippen LogP) is 3.12. The van der Waals surface area contributed by atoms with E-state index in [2.05, 4.69) is 21.8 Å². The Morgan fingerprint density at radius 2 is 1.90 bits per heavy atom. The van der Waals surface area contributed by atoms with Gasteiger partial charge in [-0.1, -0.05) is 24.3 Å². The molecule has 2 fully saturated rings. The van der Waals surface area contributed by atoms with Crippen molar-refractivity contribution in [1.82, 2.24) is 19.4 Å². The molecule has 1 aromatic rings. The first-order chi connectivity index (χ1) is 18.9. The number of likely N-dealkylation sites (N-methyl/N-ethyl adjacent to an activating group) is 1. The van der Waals surface area contributed by atoms with Gasteiger partial charge in [-0.2, -0.15) is 4.31 Å². The summed E-state index contributed by atoms with van der Waals surface area (Å²) in [5.41, 5.74) is 0.956.